The standard InChI is InChI=1S/C13H25N3O4S/c1-10(15(2)12-3-4-12)9-14-21(19,20)16-7-5-11(6-8-16)13(17)18/h10-12,14H,3-9H2,1-2H3,(H,17,18). The third-order valence-corrected chi connectivity index (χ3v) is 6.10. The lowest BCUT2D eigenvalue weighted by Gasteiger charge is -2.30. The fraction of sp³-hybridized carbons (Fsp3) is 0.923. The van der Waals surface area contributed by atoms with Gasteiger partial charge >= 0.3 is 5.97 Å². The second kappa shape index (κ2) is 6.60. The van der Waals surface area contributed by atoms with Crippen molar-refractivity contribution in [3.05, 3.63) is 0 Å². The van der Waals surface area contributed by atoms with E-state index in [2.05, 4.69) is 9.62 Å². The maximum absolute atomic E-state index is 12.2. The fourth-order valence-corrected chi connectivity index (χ4v) is 3.97. The van der Waals surface area contributed by atoms with Crippen molar-refractivity contribution in [1.82, 2.24) is 13.9 Å². The first kappa shape index (κ1) is 16.7. The number of rotatable bonds is 7. The Morgan fingerprint density at radius 3 is 2.38 bits per heavy atom. The van der Waals surface area contributed by atoms with Crippen LogP contribution in [0, 0.1) is 5.92 Å². The lowest BCUT2D eigenvalue weighted by atomic mass is 9.99. The van der Waals surface area contributed by atoms with Crippen molar-refractivity contribution in [2.75, 3.05) is 26.7 Å². The Morgan fingerprint density at radius 2 is 1.90 bits per heavy atom. The van der Waals surface area contributed by atoms with Crippen molar-refractivity contribution < 1.29 is 18.3 Å². The number of likely N-dealkylation sites (N-methyl/N-ethyl adjacent to an activating group) is 1. The van der Waals surface area contributed by atoms with Crippen LogP contribution in [0.4, 0.5) is 0 Å². The quantitative estimate of drug-likeness (QED) is 0.695. The molecule has 1 saturated carbocycles. The van der Waals surface area contributed by atoms with Gasteiger partial charge in [-0.2, -0.15) is 12.7 Å². The van der Waals surface area contributed by atoms with E-state index in [1.165, 1.54) is 17.1 Å². The van der Waals surface area contributed by atoms with E-state index in [0.29, 0.717) is 25.4 Å². The third kappa shape index (κ3) is 4.38. The molecule has 8 heteroatoms. The van der Waals surface area contributed by atoms with E-state index in [1.807, 2.05) is 14.0 Å². The predicted molar refractivity (Wildman–Crippen MR) is 79.1 cm³/mol. The van der Waals surface area contributed by atoms with Crippen LogP contribution in [0.3, 0.4) is 0 Å². The zero-order valence-corrected chi connectivity index (χ0v) is 13.5. The topological polar surface area (TPSA) is 90.0 Å². The molecule has 0 radical (unpaired) electrons. The van der Waals surface area contributed by atoms with Crippen LogP contribution in [0.5, 0.6) is 0 Å². The first-order valence-corrected chi connectivity index (χ1v) is 8.94. The molecule has 1 saturated heterocycles. The Bertz CT molecular complexity index is 470. The summed E-state index contributed by atoms with van der Waals surface area (Å²) in [5.41, 5.74) is 0. The monoisotopic (exact) mass is 319 g/mol. The minimum Gasteiger partial charge on any atom is -0.481 e. The minimum absolute atomic E-state index is 0.156. The summed E-state index contributed by atoms with van der Waals surface area (Å²) >= 11 is 0. The van der Waals surface area contributed by atoms with Crippen molar-refractivity contribution in [2.45, 2.75) is 44.7 Å². The third-order valence-electron chi connectivity index (χ3n) is 4.52. The van der Waals surface area contributed by atoms with E-state index >= 15 is 0 Å². The molecule has 2 fully saturated rings. The molecule has 0 spiro atoms. The number of nitrogens with zero attached hydrogens (tertiary/aromatic N) is 2. The Labute approximate surface area is 126 Å². The number of carboxylic acid groups (broad SMARTS) is 1. The summed E-state index contributed by atoms with van der Waals surface area (Å²) in [7, 11) is -1.48. The minimum atomic E-state index is -3.50. The summed E-state index contributed by atoms with van der Waals surface area (Å²) in [6.07, 6.45) is 3.15. The van der Waals surface area contributed by atoms with E-state index in [4.69, 9.17) is 5.11 Å². The van der Waals surface area contributed by atoms with Gasteiger partial charge in [0, 0.05) is 31.7 Å². The number of carboxylic acids is 1. The van der Waals surface area contributed by atoms with Crippen LogP contribution in [-0.2, 0) is 15.0 Å². The van der Waals surface area contributed by atoms with Gasteiger partial charge in [-0.25, -0.2) is 4.72 Å². The second-order valence-corrected chi connectivity index (χ2v) is 7.87. The molecule has 2 rings (SSSR count). The van der Waals surface area contributed by atoms with Gasteiger partial charge in [0.05, 0.1) is 5.92 Å². The molecular formula is C13H25N3O4S. The van der Waals surface area contributed by atoms with Crippen molar-refractivity contribution in [1.29, 1.82) is 0 Å². The average molecular weight is 319 g/mol. The highest BCUT2D eigenvalue weighted by atomic mass is 32.2. The molecule has 0 aromatic rings. The van der Waals surface area contributed by atoms with E-state index in [1.54, 1.807) is 0 Å². The van der Waals surface area contributed by atoms with Crippen molar-refractivity contribution in [3.63, 3.8) is 0 Å². The molecule has 2 aliphatic rings. The van der Waals surface area contributed by atoms with E-state index < -0.39 is 22.1 Å². The molecule has 1 aliphatic heterocycles. The molecule has 0 amide bonds. The molecular weight excluding hydrogens is 294 g/mol. The molecule has 1 heterocycles. The smallest absolute Gasteiger partial charge is 0.306 e. The lowest BCUT2D eigenvalue weighted by Crippen LogP contribution is -2.49. The SMILES string of the molecule is CC(CNS(=O)(=O)N1CCC(C(=O)O)CC1)N(C)C1CC1. The number of carbonyl (C=O) groups is 1. The van der Waals surface area contributed by atoms with Crippen LogP contribution in [-0.4, -0.2) is 67.5 Å². The zero-order chi connectivity index (χ0) is 15.6. The Kier molecular flexibility index (Phi) is 5.24. The van der Waals surface area contributed by atoms with Gasteiger partial charge in [-0.3, -0.25) is 9.69 Å². The van der Waals surface area contributed by atoms with Gasteiger partial charge in [0.25, 0.3) is 10.2 Å². The van der Waals surface area contributed by atoms with Crippen molar-refractivity contribution >= 4 is 16.2 Å². The average Bonchev–Trinajstić information content (AvgIpc) is 3.28. The first-order valence-electron chi connectivity index (χ1n) is 7.50. The van der Waals surface area contributed by atoms with E-state index in [-0.39, 0.29) is 19.1 Å². The second-order valence-electron chi connectivity index (χ2n) is 6.11. The maximum atomic E-state index is 12.2. The van der Waals surface area contributed by atoms with E-state index in [9.17, 15) is 13.2 Å². The number of hydrogen-bond donors (Lipinski definition) is 2. The largest absolute Gasteiger partial charge is 0.481 e. The van der Waals surface area contributed by atoms with Gasteiger partial charge in [0.15, 0.2) is 0 Å². The molecule has 0 aromatic heterocycles. The molecule has 7 nitrogen and oxygen atoms in total. The Balaban J connectivity index is 1.80. The maximum Gasteiger partial charge on any atom is 0.306 e. The van der Waals surface area contributed by atoms with Gasteiger partial charge < -0.3 is 5.11 Å². The van der Waals surface area contributed by atoms with Crippen LogP contribution in [0.2, 0.25) is 0 Å². The normalized spacial score (nSPS) is 23.4. The molecule has 0 bridgehead atoms. The summed E-state index contributed by atoms with van der Waals surface area (Å²) in [6, 6.07) is 0.750. The molecule has 1 unspecified atom stereocenters. The summed E-state index contributed by atoms with van der Waals surface area (Å²) in [6.45, 7) is 2.95. The predicted octanol–water partition coefficient (Wildman–Crippen LogP) is 0.100. The number of nitrogens with one attached hydrogen (secondary N) is 1. The Morgan fingerprint density at radius 1 is 1.33 bits per heavy atom. The highest BCUT2D eigenvalue weighted by Crippen LogP contribution is 2.26. The number of aliphatic carboxylic acids is 1. The molecule has 21 heavy (non-hydrogen) atoms. The van der Waals surface area contributed by atoms with Gasteiger partial charge in [-0.1, -0.05) is 0 Å². The molecule has 1 aliphatic carbocycles. The first-order chi connectivity index (χ1) is 9.81. The van der Waals surface area contributed by atoms with E-state index in [0.717, 1.165) is 0 Å². The van der Waals surface area contributed by atoms with Crippen LogP contribution in [0.1, 0.15) is 32.6 Å². The molecule has 0 aromatic carbocycles. The summed E-state index contributed by atoms with van der Waals surface area (Å²) in [5, 5.41) is 8.93. The van der Waals surface area contributed by atoms with Crippen molar-refractivity contribution in [3.8, 4) is 0 Å². The van der Waals surface area contributed by atoms with Crippen LogP contribution >= 0.6 is 0 Å². The van der Waals surface area contributed by atoms with Crippen LogP contribution < -0.4 is 4.72 Å². The Hall–Kier alpha value is -0.700. The molecule has 2 N–H and O–H groups in total. The zero-order valence-electron chi connectivity index (χ0n) is 12.7. The summed E-state index contributed by atoms with van der Waals surface area (Å²) in [4.78, 5) is 13.1. The van der Waals surface area contributed by atoms with Crippen LogP contribution in [0.15, 0.2) is 0 Å². The molecule has 122 valence electrons. The summed E-state index contributed by atoms with van der Waals surface area (Å²) < 4.78 is 28.4. The summed E-state index contributed by atoms with van der Waals surface area (Å²) in [5.74, 6) is -1.25. The van der Waals surface area contributed by atoms with Crippen molar-refractivity contribution in [2.24, 2.45) is 5.92 Å². The van der Waals surface area contributed by atoms with Gasteiger partial charge in [0.2, 0.25) is 0 Å². The highest BCUT2D eigenvalue weighted by molar-refractivity contribution is 7.87. The fourth-order valence-electron chi connectivity index (χ4n) is 2.65. The number of hydrogen-bond acceptors (Lipinski definition) is 4. The number of piperidine rings is 1. The molecule has 1 atom stereocenters. The van der Waals surface area contributed by atoms with Gasteiger partial charge in [-0.05, 0) is 39.7 Å². The van der Waals surface area contributed by atoms with Gasteiger partial charge in [-0.15, -0.1) is 0 Å². The lowest BCUT2D eigenvalue weighted by molar-refractivity contribution is -0.142. The van der Waals surface area contributed by atoms with Gasteiger partial charge in [0.1, 0.15) is 0 Å². The highest BCUT2D eigenvalue weighted by Gasteiger charge is 2.32. The van der Waals surface area contributed by atoms with Crippen LogP contribution in [0.25, 0.3) is 0 Å².